The number of hydrogen-bond donors (Lipinski definition) is 2. The average Bonchev–Trinajstić information content (AvgIpc) is 2.47. The molecule has 0 spiro atoms. The molecule has 2 rings (SSSR count). The van der Waals surface area contributed by atoms with Gasteiger partial charge in [-0.2, -0.15) is 0 Å². The molecule has 1 heterocycles. The molecule has 1 amide bonds. The maximum absolute atomic E-state index is 12.1. The number of rotatable bonds is 5. The van der Waals surface area contributed by atoms with Gasteiger partial charge in [-0.15, -0.1) is 0 Å². The van der Waals surface area contributed by atoms with Gasteiger partial charge in [-0.1, -0.05) is 12.1 Å². The van der Waals surface area contributed by atoms with Gasteiger partial charge in [0.2, 0.25) is 5.91 Å². The van der Waals surface area contributed by atoms with E-state index in [1.165, 1.54) is 6.07 Å². The van der Waals surface area contributed by atoms with Crippen molar-refractivity contribution in [2.24, 2.45) is 0 Å². The SMILES string of the molecule is CNC1CCCN(CC(=O)Nc2ccccc2[N+](=O)[O-])C1. The summed E-state index contributed by atoms with van der Waals surface area (Å²) in [7, 11) is 1.92. The lowest BCUT2D eigenvalue weighted by Crippen LogP contribution is -2.46. The molecule has 1 fully saturated rings. The molecule has 1 atom stereocenters. The van der Waals surface area contributed by atoms with Crippen LogP contribution in [0.3, 0.4) is 0 Å². The van der Waals surface area contributed by atoms with E-state index in [0.29, 0.717) is 6.04 Å². The Morgan fingerprint density at radius 3 is 2.95 bits per heavy atom. The van der Waals surface area contributed by atoms with Crippen molar-refractivity contribution in [3.8, 4) is 0 Å². The lowest BCUT2D eigenvalue weighted by atomic mass is 10.1. The van der Waals surface area contributed by atoms with Gasteiger partial charge in [0, 0.05) is 18.7 Å². The van der Waals surface area contributed by atoms with Crippen molar-refractivity contribution in [2.45, 2.75) is 18.9 Å². The average molecular weight is 292 g/mol. The second kappa shape index (κ2) is 7.14. The predicted octanol–water partition coefficient (Wildman–Crippen LogP) is 1.22. The number of nitrogens with one attached hydrogen (secondary N) is 2. The van der Waals surface area contributed by atoms with Crippen LogP contribution in [-0.2, 0) is 4.79 Å². The Balaban J connectivity index is 1.94. The van der Waals surface area contributed by atoms with E-state index in [1.54, 1.807) is 18.2 Å². The van der Waals surface area contributed by atoms with E-state index in [-0.39, 0.29) is 23.8 Å². The minimum atomic E-state index is -0.493. The van der Waals surface area contributed by atoms with Gasteiger partial charge in [0.1, 0.15) is 5.69 Å². The highest BCUT2D eigenvalue weighted by Gasteiger charge is 2.21. The molecule has 114 valence electrons. The van der Waals surface area contributed by atoms with E-state index in [0.717, 1.165) is 25.9 Å². The first-order chi connectivity index (χ1) is 10.1. The molecule has 0 aromatic heterocycles. The Kier molecular flexibility index (Phi) is 5.24. The molecule has 2 N–H and O–H groups in total. The molecule has 21 heavy (non-hydrogen) atoms. The summed E-state index contributed by atoms with van der Waals surface area (Å²) in [4.78, 5) is 24.5. The summed E-state index contributed by atoms with van der Waals surface area (Å²) < 4.78 is 0. The fourth-order valence-corrected chi connectivity index (χ4v) is 2.57. The quantitative estimate of drug-likeness (QED) is 0.629. The molecule has 0 aliphatic carbocycles. The summed E-state index contributed by atoms with van der Waals surface area (Å²) in [5.74, 6) is -0.221. The highest BCUT2D eigenvalue weighted by molar-refractivity contribution is 5.94. The van der Waals surface area contributed by atoms with Crippen molar-refractivity contribution in [1.29, 1.82) is 0 Å². The summed E-state index contributed by atoms with van der Waals surface area (Å²) in [5.41, 5.74) is 0.160. The summed E-state index contributed by atoms with van der Waals surface area (Å²) in [5, 5.41) is 16.8. The van der Waals surface area contributed by atoms with Crippen molar-refractivity contribution in [3.63, 3.8) is 0 Å². The van der Waals surface area contributed by atoms with Crippen LogP contribution in [0, 0.1) is 10.1 Å². The van der Waals surface area contributed by atoms with Crippen molar-refractivity contribution < 1.29 is 9.72 Å². The number of hydrogen-bond acceptors (Lipinski definition) is 5. The van der Waals surface area contributed by atoms with E-state index in [2.05, 4.69) is 15.5 Å². The third-order valence-corrected chi connectivity index (χ3v) is 3.66. The standard InChI is InChI=1S/C14H20N4O3/c1-15-11-5-4-8-17(9-11)10-14(19)16-12-6-2-3-7-13(12)18(20)21/h2-3,6-7,11,15H,4-5,8-10H2,1H3,(H,16,19). The van der Waals surface area contributed by atoms with Crippen LogP contribution in [0.1, 0.15) is 12.8 Å². The molecule has 1 aromatic carbocycles. The van der Waals surface area contributed by atoms with Crippen molar-refractivity contribution in [3.05, 3.63) is 34.4 Å². The van der Waals surface area contributed by atoms with Crippen molar-refractivity contribution in [1.82, 2.24) is 10.2 Å². The van der Waals surface area contributed by atoms with Crippen LogP contribution in [-0.4, -0.2) is 48.5 Å². The van der Waals surface area contributed by atoms with Gasteiger partial charge < -0.3 is 10.6 Å². The molecule has 1 unspecified atom stereocenters. The zero-order chi connectivity index (χ0) is 15.2. The van der Waals surface area contributed by atoms with Gasteiger partial charge >= 0.3 is 0 Å². The number of benzene rings is 1. The lowest BCUT2D eigenvalue weighted by molar-refractivity contribution is -0.383. The van der Waals surface area contributed by atoms with E-state index in [9.17, 15) is 14.9 Å². The number of piperidine rings is 1. The topological polar surface area (TPSA) is 87.5 Å². The highest BCUT2D eigenvalue weighted by atomic mass is 16.6. The van der Waals surface area contributed by atoms with Crippen LogP contribution in [0.15, 0.2) is 24.3 Å². The molecule has 7 nitrogen and oxygen atoms in total. The number of nitro benzene ring substituents is 1. The van der Waals surface area contributed by atoms with Crippen LogP contribution in [0.5, 0.6) is 0 Å². The first-order valence-corrected chi connectivity index (χ1v) is 7.03. The number of likely N-dealkylation sites (tertiary alicyclic amines) is 1. The summed E-state index contributed by atoms with van der Waals surface area (Å²) in [6.07, 6.45) is 2.16. The van der Waals surface area contributed by atoms with E-state index < -0.39 is 4.92 Å². The lowest BCUT2D eigenvalue weighted by Gasteiger charge is -2.31. The number of nitro groups is 1. The third kappa shape index (κ3) is 4.24. The number of carbonyl (C=O) groups is 1. The van der Waals surface area contributed by atoms with E-state index in [1.807, 2.05) is 7.05 Å². The summed E-state index contributed by atoms with van der Waals surface area (Å²) in [6, 6.07) is 6.57. The number of carbonyl (C=O) groups excluding carboxylic acids is 1. The summed E-state index contributed by atoms with van der Waals surface area (Å²) in [6.45, 7) is 1.95. The minimum absolute atomic E-state index is 0.0856. The largest absolute Gasteiger partial charge is 0.319 e. The Labute approximate surface area is 123 Å². The van der Waals surface area contributed by atoms with Gasteiger partial charge in [-0.05, 0) is 32.5 Å². The number of likely N-dealkylation sites (N-methyl/N-ethyl adjacent to an activating group) is 1. The second-order valence-corrected chi connectivity index (χ2v) is 5.19. The molecule has 0 saturated carbocycles. The van der Waals surface area contributed by atoms with Crippen molar-refractivity contribution in [2.75, 3.05) is 32.0 Å². The molecular weight excluding hydrogens is 272 g/mol. The minimum Gasteiger partial charge on any atom is -0.319 e. The third-order valence-electron chi connectivity index (χ3n) is 3.66. The van der Waals surface area contributed by atoms with Crippen molar-refractivity contribution >= 4 is 17.3 Å². The number of para-hydroxylation sites is 2. The normalized spacial score (nSPS) is 19.2. The van der Waals surface area contributed by atoms with Gasteiger partial charge in [0.05, 0.1) is 11.5 Å². The smallest absolute Gasteiger partial charge is 0.292 e. The number of anilines is 1. The van der Waals surface area contributed by atoms with Crippen LogP contribution in [0.4, 0.5) is 11.4 Å². The first-order valence-electron chi connectivity index (χ1n) is 7.03. The van der Waals surface area contributed by atoms with Gasteiger partial charge in [-0.3, -0.25) is 19.8 Å². The maximum atomic E-state index is 12.1. The Hall–Kier alpha value is -1.99. The molecule has 0 radical (unpaired) electrons. The molecule has 1 aromatic rings. The van der Waals surface area contributed by atoms with Gasteiger partial charge in [-0.25, -0.2) is 0 Å². The molecule has 1 aliphatic rings. The van der Waals surface area contributed by atoms with Crippen LogP contribution in [0.2, 0.25) is 0 Å². The Bertz CT molecular complexity index is 521. The molecule has 7 heteroatoms. The van der Waals surface area contributed by atoms with E-state index in [4.69, 9.17) is 0 Å². The molecule has 0 bridgehead atoms. The zero-order valence-electron chi connectivity index (χ0n) is 12.0. The number of nitrogens with zero attached hydrogens (tertiary/aromatic N) is 2. The molecular formula is C14H20N4O3. The fourth-order valence-electron chi connectivity index (χ4n) is 2.57. The van der Waals surface area contributed by atoms with Gasteiger partial charge in [0.15, 0.2) is 0 Å². The maximum Gasteiger partial charge on any atom is 0.292 e. The fraction of sp³-hybridized carbons (Fsp3) is 0.500. The molecule has 1 aliphatic heterocycles. The Morgan fingerprint density at radius 2 is 2.24 bits per heavy atom. The summed E-state index contributed by atoms with van der Waals surface area (Å²) >= 11 is 0. The predicted molar refractivity (Wildman–Crippen MR) is 80.2 cm³/mol. The van der Waals surface area contributed by atoms with Crippen LogP contribution < -0.4 is 10.6 Å². The van der Waals surface area contributed by atoms with Crippen LogP contribution in [0.25, 0.3) is 0 Å². The van der Waals surface area contributed by atoms with Gasteiger partial charge in [0.25, 0.3) is 5.69 Å². The van der Waals surface area contributed by atoms with E-state index >= 15 is 0 Å². The molecule has 1 saturated heterocycles. The first kappa shape index (κ1) is 15.4. The number of amides is 1. The monoisotopic (exact) mass is 292 g/mol. The zero-order valence-corrected chi connectivity index (χ0v) is 12.0. The highest BCUT2D eigenvalue weighted by Crippen LogP contribution is 2.23. The second-order valence-electron chi connectivity index (χ2n) is 5.19. The van der Waals surface area contributed by atoms with Crippen LogP contribution >= 0.6 is 0 Å². The Morgan fingerprint density at radius 1 is 1.48 bits per heavy atom.